The Hall–Kier alpha value is -2.63. The molecule has 3 N–H and O–H groups in total. The molecule has 0 radical (unpaired) electrons. The molecule has 0 aliphatic rings. The number of pyridine rings is 1. The van der Waals surface area contributed by atoms with Crippen molar-refractivity contribution in [2.45, 2.75) is 20.3 Å². The number of benzene rings is 1. The molecule has 0 aliphatic carbocycles. The van der Waals surface area contributed by atoms with Crippen LogP contribution in [-0.2, 0) is 6.42 Å². The molecule has 2 heterocycles. The third-order valence-corrected chi connectivity index (χ3v) is 3.18. The van der Waals surface area contributed by atoms with Crippen molar-refractivity contribution in [3.8, 4) is 0 Å². The van der Waals surface area contributed by atoms with Gasteiger partial charge in [0.2, 0.25) is 5.89 Å². The van der Waals surface area contributed by atoms with Crippen LogP contribution in [0, 0.1) is 13.8 Å². The monoisotopic (exact) mass is 283 g/mol. The zero-order chi connectivity index (χ0) is 14.8. The molecule has 108 valence electrons. The van der Waals surface area contributed by atoms with Crippen molar-refractivity contribution >= 4 is 22.3 Å². The fraction of sp³-hybridized carbons (Fsp3) is 0.267. The van der Waals surface area contributed by atoms with Gasteiger partial charge < -0.3 is 15.6 Å². The number of anilines is 2. The van der Waals surface area contributed by atoms with E-state index < -0.39 is 0 Å². The second-order valence-corrected chi connectivity index (χ2v) is 5.00. The Morgan fingerprint density at radius 1 is 1.19 bits per heavy atom. The number of hydrogen-bond donors (Lipinski definition) is 2. The molecule has 6 nitrogen and oxygen atoms in total. The van der Waals surface area contributed by atoms with Crippen LogP contribution in [0.5, 0.6) is 0 Å². The highest BCUT2D eigenvalue weighted by Gasteiger charge is 2.06. The average molecular weight is 283 g/mol. The maximum Gasteiger partial charge on any atom is 0.228 e. The highest BCUT2D eigenvalue weighted by atomic mass is 16.5. The van der Waals surface area contributed by atoms with Gasteiger partial charge in [-0.05, 0) is 38.1 Å². The van der Waals surface area contributed by atoms with Crippen LogP contribution >= 0.6 is 0 Å². The van der Waals surface area contributed by atoms with Crippen molar-refractivity contribution in [1.29, 1.82) is 0 Å². The normalized spacial score (nSPS) is 11.0. The lowest BCUT2D eigenvalue weighted by atomic mass is 10.1. The molecule has 3 rings (SSSR count). The van der Waals surface area contributed by atoms with Gasteiger partial charge in [-0.2, -0.15) is 4.98 Å². The van der Waals surface area contributed by atoms with E-state index in [4.69, 9.17) is 10.3 Å². The van der Waals surface area contributed by atoms with Crippen LogP contribution in [-0.4, -0.2) is 21.7 Å². The smallest absolute Gasteiger partial charge is 0.228 e. The Bertz CT molecular complexity index is 781. The Balaban J connectivity index is 1.81. The zero-order valence-electron chi connectivity index (χ0n) is 12.1. The lowest BCUT2D eigenvalue weighted by molar-refractivity contribution is 0.377. The second-order valence-electron chi connectivity index (χ2n) is 5.00. The first kappa shape index (κ1) is 13.4. The minimum atomic E-state index is 0.634. The van der Waals surface area contributed by atoms with Crippen molar-refractivity contribution in [1.82, 2.24) is 15.1 Å². The topological polar surface area (TPSA) is 89.9 Å². The van der Waals surface area contributed by atoms with Crippen LogP contribution in [0.15, 0.2) is 28.8 Å². The van der Waals surface area contributed by atoms with Crippen molar-refractivity contribution in [2.75, 3.05) is 17.6 Å². The van der Waals surface area contributed by atoms with Crippen LogP contribution < -0.4 is 11.1 Å². The van der Waals surface area contributed by atoms with Gasteiger partial charge in [0.1, 0.15) is 0 Å². The summed E-state index contributed by atoms with van der Waals surface area (Å²) in [5.41, 5.74) is 9.50. The first-order valence-electron chi connectivity index (χ1n) is 6.82. The summed E-state index contributed by atoms with van der Waals surface area (Å²) in [7, 11) is 0. The number of nitrogens with zero attached hydrogens (tertiary/aromatic N) is 3. The van der Waals surface area contributed by atoms with Gasteiger partial charge in [-0.1, -0.05) is 5.16 Å². The minimum absolute atomic E-state index is 0.634. The Labute approximate surface area is 122 Å². The molecular formula is C15H17N5O. The molecule has 0 spiro atoms. The van der Waals surface area contributed by atoms with Crippen LogP contribution in [0.4, 0.5) is 11.4 Å². The molecule has 0 unspecified atom stereocenters. The Morgan fingerprint density at radius 2 is 2.05 bits per heavy atom. The molecular weight excluding hydrogens is 266 g/mol. The van der Waals surface area contributed by atoms with E-state index in [0.717, 1.165) is 28.0 Å². The maximum atomic E-state index is 5.86. The molecule has 2 aromatic heterocycles. The third kappa shape index (κ3) is 2.94. The molecule has 0 aliphatic heterocycles. The number of fused-ring (bicyclic) bond motifs is 1. The standard InChI is InChI=1S/C15H17N5O/c1-9-7-14(12-8-11(16)3-4-13(12)18-9)17-6-5-15-19-10(2)20-21-15/h3-4,7-8H,5-6,16H2,1-2H3,(H,17,18). The zero-order valence-corrected chi connectivity index (χ0v) is 12.1. The Kier molecular flexibility index (Phi) is 3.43. The van der Waals surface area contributed by atoms with Gasteiger partial charge in [-0.3, -0.25) is 4.98 Å². The van der Waals surface area contributed by atoms with E-state index in [2.05, 4.69) is 20.4 Å². The molecule has 0 fully saturated rings. The van der Waals surface area contributed by atoms with Gasteiger partial charge in [-0.25, -0.2) is 0 Å². The summed E-state index contributed by atoms with van der Waals surface area (Å²) in [6.45, 7) is 4.49. The van der Waals surface area contributed by atoms with Crippen molar-refractivity contribution in [3.05, 3.63) is 41.7 Å². The van der Waals surface area contributed by atoms with Crippen LogP contribution in [0.2, 0.25) is 0 Å². The summed E-state index contributed by atoms with van der Waals surface area (Å²) < 4.78 is 5.10. The van der Waals surface area contributed by atoms with E-state index in [1.54, 1.807) is 0 Å². The largest absolute Gasteiger partial charge is 0.399 e. The summed E-state index contributed by atoms with van der Waals surface area (Å²) >= 11 is 0. The molecule has 0 bridgehead atoms. The summed E-state index contributed by atoms with van der Waals surface area (Å²) in [6, 6.07) is 7.74. The quantitative estimate of drug-likeness (QED) is 0.715. The van der Waals surface area contributed by atoms with Crippen molar-refractivity contribution in [3.63, 3.8) is 0 Å². The van der Waals surface area contributed by atoms with Crippen LogP contribution in [0.3, 0.4) is 0 Å². The highest BCUT2D eigenvalue weighted by molar-refractivity contribution is 5.93. The van der Waals surface area contributed by atoms with Gasteiger partial charge in [0, 0.05) is 35.4 Å². The number of nitrogen functional groups attached to an aromatic ring is 1. The molecule has 6 heteroatoms. The second kappa shape index (κ2) is 5.40. The summed E-state index contributed by atoms with van der Waals surface area (Å²) in [4.78, 5) is 8.70. The number of aromatic nitrogens is 3. The van der Waals surface area contributed by atoms with Crippen LogP contribution in [0.25, 0.3) is 10.9 Å². The predicted octanol–water partition coefficient (Wildman–Crippen LogP) is 2.47. The number of aryl methyl sites for hydroxylation is 2. The first-order valence-corrected chi connectivity index (χ1v) is 6.82. The third-order valence-electron chi connectivity index (χ3n) is 3.18. The van der Waals surface area contributed by atoms with Gasteiger partial charge in [-0.15, -0.1) is 0 Å². The van der Waals surface area contributed by atoms with E-state index in [1.165, 1.54) is 0 Å². The summed E-state index contributed by atoms with van der Waals surface area (Å²) in [6.07, 6.45) is 0.673. The molecule has 0 saturated carbocycles. The molecule has 0 amide bonds. The highest BCUT2D eigenvalue weighted by Crippen LogP contribution is 2.25. The molecule has 1 aromatic carbocycles. The van der Waals surface area contributed by atoms with Gasteiger partial charge in [0.05, 0.1) is 5.52 Å². The number of nitrogens with two attached hydrogens (primary N) is 1. The fourth-order valence-corrected chi connectivity index (χ4v) is 2.27. The van der Waals surface area contributed by atoms with Gasteiger partial charge in [0.15, 0.2) is 5.82 Å². The molecule has 21 heavy (non-hydrogen) atoms. The van der Waals surface area contributed by atoms with Crippen LogP contribution in [0.1, 0.15) is 17.4 Å². The maximum absolute atomic E-state index is 5.86. The van der Waals surface area contributed by atoms with Gasteiger partial charge in [0.25, 0.3) is 0 Å². The fourth-order valence-electron chi connectivity index (χ4n) is 2.27. The van der Waals surface area contributed by atoms with E-state index >= 15 is 0 Å². The number of rotatable bonds is 4. The molecule has 3 aromatic rings. The molecule has 0 atom stereocenters. The first-order chi connectivity index (χ1) is 10.1. The lowest BCUT2D eigenvalue weighted by Gasteiger charge is -2.10. The van der Waals surface area contributed by atoms with E-state index in [9.17, 15) is 0 Å². The molecule has 0 saturated heterocycles. The lowest BCUT2D eigenvalue weighted by Crippen LogP contribution is -2.06. The Morgan fingerprint density at radius 3 is 2.81 bits per heavy atom. The SMILES string of the molecule is Cc1cc(NCCc2nc(C)no2)c2cc(N)ccc2n1. The average Bonchev–Trinajstić information content (AvgIpc) is 2.85. The predicted molar refractivity (Wildman–Crippen MR) is 82.1 cm³/mol. The van der Waals surface area contributed by atoms with Gasteiger partial charge >= 0.3 is 0 Å². The van der Waals surface area contributed by atoms with Crippen molar-refractivity contribution in [2.24, 2.45) is 0 Å². The van der Waals surface area contributed by atoms with E-state index in [-0.39, 0.29) is 0 Å². The summed E-state index contributed by atoms with van der Waals surface area (Å²) in [5, 5.41) is 8.18. The minimum Gasteiger partial charge on any atom is -0.399 e. The summed E-state index contributed by atoms with van der Waals surface area (Å²) in [5.74, 6) is 1.29. The number of hydrogen-bond acceptors (Lipinski definition) is 6. The van der Waals surface area contributed by atoms with E-state index in [1.807, 2.05) is 38.1 Å². The van der Waals surface area contributed by atoms with E-state index in [0.29, 0.717) is 24.7 Å². The van der Waals surface area contributed by atoms with Crippen molar-refractivity contribution < 1.29 is 4.52 Å². The number of nitrogens with one attached hydrogen (secondary N) is 1.